The predicted octanol–water partition coefficient (Wildman–Crippen LogP) is 0.445. The second-order valence-electron chi connectivity index (χ2n) is 2.79. The van der Waals surface area contributed by atoms with Crippen molar-refractivity contribution in [2.75, 3.05) is 14.2 Å². The van der Waals surface area contributed by atoms with Gasteiger partial charge in [-0.15, -0.1) is 0 Å². The molecule has 2 unspecified atom stereocenters. The first-order valence-electron chi connectivity index (χ1n) is 4.39. The van der Waals surface area contributed by atoms with E-state index in [0.29, 0.717) is 0 Å². The van der Waals surface area contributed by atoms with Gasteiger partial charge in [0.15, 0.2) is 0 Å². The van der Waals surface area contributed by atoms with Crippen LogP contribution in [0.15, 0.2) is 0 Å². The fourth-order valence-corrected chi connectivity index (χ4v) is 0.912. The zero-order valence-corrected chi connectivity index (χ0v) is 11.2. The number of carbonyl (C=O) groups excluding carboxylic acids is 2. The molecule has 0 aliphatic carbocycles. The first kappa shape index (κ1) is 17.8. The molecule has 0 aliphatic heterocycles. The summed E-state index contributed by atoms with van der Waals surface area (Å²) in [5.74, 6) is -0.945. The van der Waals surface area contributed by atoms with E-state index in [9.17, 15) is 9.59 Å². The fraction of sp³-hybridized carbons (Fsp3) is 0.778. The van der Waals surface area contributed by atoms with E-state index in [1.165, 1.54) is 28.1 Å². The zero-order chi connectivity index (χ0) is 11.8. The third-order valence-corrected chi connectivity index (χ3v) is 1.51. The van der Waals surface area contributed by atoms with Crippen molar-refractivity contribution in [3.8, 4) is 0 Å². The third-order valence-electron chi connectivity index (χ3n) is 1.51. The van der Waals surface area contributed by atoms with E-state index < -0.39 is 24.5 Å². The molecule has 7 heteroatoms. The number of ether oxygens (including phenoxy) is 4. The molecule has 0 aromatic rings. The Kier molecular flexibility index (Phi) is 10.8. The van der Waals surface area contributed by atoms with Crippen LogP contribution >= 0.6 is 0 Å². The van der Waals surface area contributed by atoms with Gasteiger partial charge < -0.3 is 18.9 Å². The van der Waals surface area contributed by atoms with Crippen LogP contribution in [-0.2, 0) is 47.1 Å². The second kappa shape index (κ2) is 9.65. The summed E-state index contributed by atoms with van der Waals surface area (Å²) in [4.78, 5) is 21.3. The smallest absolute Gasteiger partial charge is 0.304 e. The summed E-state index contributed by atoms with van der Waals surface area (Å²) in [7, 11) is 2.77. The SMILES string of the molecule is COC(CC(OC)OC(C)=O)OC(C)=O.[V]. The minimum Gasteiger partial charge on any atom is -0.436 e. The monoisotopic (exact) mass is 271 g/mol. The van der Waals surface area contributed by atoms with Gasteiger partial charge in [0.25, 0.3) is 0 Å². The van der Waals surface area contributed by atoms with Crippen LogP contribution in [-0.4, -0.2) is 38.7 Å². The summed E-state index contributed by atoms with van der Waals surface area (Å²) in [6.45, 7) is 2.53. The van der Waals surface area contributed by atoms with Gasteiger partial charge in [-0.05, 0) is 0 Å². The summed E-state index contributed by atoms with van der Waals surface area (Å²) in [6.07, 6.45) is -1.44. The minimum atomic E-state index is -0.785. The normalized spacial score (nSPS) is 13.2. The van der Waals surface area contributed by atoms with Gasteiger partial charge >= 0.3 is 11.9 Å². The molecule has 0 fully saturated rings. The van der Waals surface area contributed by atoms with Crippen LogP contribution in [0, 0.1) is 0 Å². The largest absolute Gasteiger partial charge is 0.436 e. The van der Waals surface area contributed by atoms with E-state index in [-0.39, 0.29) is 25.0 Å². The number of esters is 2. The summed E-state index contributed by atoms with van der Waals surface area (Å²) in [5, 5.41) is 0. The molecule has 0 spiro atoms. The predicted molar refractivity (Wildman–Crippen MR) is 49.7 cm³/mol. The topological polar surface area (TPSA) is 71.1 Å². The minimum absolute atomic E-state index is 0. The molecule has 1 radical (unpaired) electrons. The number of methoxy groups -OCH3 is 2. The van der Waals surface area contributed by atoms with Gasteiger partial charge in [-0.25, -0.2) is 0 Å². The van der Waals surface area contributed by atoms with Crippen LogP contribution in [0.1, 0.15) is 20.3 Å². The van der Waals surface area contributed by atoms with E-state index >= 15 is 0 Å². The first-order chi connectivity index (χ1) is 6.99. The molecular weight excluding hydrogens is 255 g/mol. The van der Waals surface area contributed by atoms with Crippen molar-refractivity contribution < 1.29 is 47.1 Å². The molecule has 0 bridgehead atoms. The van der Waals surface area contributed by atoms with Gasteiger partial charge in [0.2, 0.25) is 12.6 Å². The van der Waals surface area contributed by atoms with E-state index in [2.05, 4.69) is 0 Å². The average molecular weight is 271 g/mol. The summed E-state index contributed by atoms with van der Waals surface area (Å²) >= 11 is 0. The van der Waals surface area contributed by atoms with Crippen molar-refractivity contribution in [1.29, 1.82) is 0 Å². The molecule has 0 aliphatic rings. The number of rotatable bonds is 6. The molecule has 0 rings (SSSR count). The zero-order valence-electron chi connectivity index (χ0n) is 9.76. The molecule has 6 nitrogen and oxygen atoms in total. The number of hydrogen-bond acceptors (Lipinski definition) is 6. The van der Waals surface area contributed by atoms with Crippen molar-refractivity contribution in [2.45, 2.75) is 32.8 Å². The summed E-state index contributed by atoms with van der Waals surface area (Å²) in [5.41, 5.74) is 0. The number of carbonyl (C=O) groups is 2. The average Bonchev–Trinajstić information content (AvgIpc) is 2.14. The Morgan fingerprint density at radius 2 is 1.25 bits per heavy atom. The Hall–Kier alpha value is -0.556. The maximum absolute atomic E-state index is 10.7. The quantitative estimate of drug-likeness (QED) is 0.516. The van der Waals surface area contributed by atoms with Gasteiger partial charge in [-0.1, -0.05) is 0 Å². The maximum Gasteiger partial charge on any atom is 0.304 e. The Balaban J connectivity index is 0. The third kappa shape index (κ3) is 8.73. The van der Waals surface area contributed by atoms with Crippen LogP contribution in [0.5, 0.6) is 0 Å². The Bertz CT molecular complexity index is 198. The molecular formula is C9H16O6V. The second-order valence-corrected chi connectivity index (χ2v) is 2.79. The van der Waals surface area contributed by atoms with Crippen molar-refractivity contribution >= 4 is 11.9 Å². The molecule has 0 amide bonds. The molecule has 0 N–H and O–H groups in total. The van der Waals surface area contributed by atoms with Gasteiger partial charge in [0.05, 0.1) is 6.42 Å². The van der Waals surface area contributed by atoms with Gasteiger partial charge in [0.1, 0.15) is 0 Å². The maximum atomic E-state index is 10.7. The van der Waals surface area contributed by atoms with E-state index in [1.54, 1.807) is 0 Å². The van der Waals surface area contributed by atoms with Crippen LogP contribution in [0.25, 0.3) is 0 Å². The Labute approximate surface area is 106 Å². The molecule has 0 aromatic heterocycles. The van der Waals surface area contributed by atoms with Crippen molar-refractivity contribution in [3.63, 3.8) is 0 Å². The van der Waals surface area contributed by atoms with Gasteiger partial charge in [-0.3, -0.25) is 9.59 Å². The molecule has 0 heterocycles. The van der Waals surface area contributed by atoms with E-state index in [1.807, 2.05) is 0 Å². The van der Waals surface area contributed by atoms with Crippen LogP contribution < -0.4 is 0 Å². The first-order valence-corrected chi connectivity index (χ1v) is 4.39. The Morgan fingerprint density at radius 3 is 1.44 bits per heavy atom. The van der Waals surface area contributed by atoms with Crippen LogP contribution in [0.3, 0.4) is 0 Å². The molecule has 16 heavy (non-hydrogen) atoms. The van der Waals surface area contributed by atoms with E-state index in [4.69, 9.17) is 18.9 Å². The van der Waals surface area contributed by atoms with Crippen molar-refractivity contribution in [3.05, 3.63) is 0 Å². The van der Waals surface area contributed by atoms with Gasteiger partial charge in [0, 0.05) is 46.6 Å². The Morgan fingerprint density at radius 1 is 0.938 bits per heavy atom. The van der Waals surface area contributed by atoms with Crippen molar-refractivity contribution in [1.82, 2.24) is 0 Å². The van der Waals surface area contributed by atoms with Gasteiger partial charge in [-0.2, -0.15) is 0 Å². The van der Waals surface area contributed by atoms with Crippen LogP contribution in [0.4, 0.5) is 0 Å². The van der Waals surface area contributed by atoms with E-state index in [0.717, 1.165) is 0 Å². The molecule has 0 saturated carbocycles. The molecule has 0 aromatic carbocycles. The fourth-order valence-electron chi connectivity index (χ4n) is 0.912. The standard InChI is InChI=1S/C9H16O6.V/c1-6(10)14-8(12-3)5-9(13-4)15-7(2)11;/h8-9H,5H2,1-4H3;. The number of hydrogen-bond donors (Lipinski definition) is 0. The summed E-state index contributed by atoms with van der Waals surface area (Å²) < 4.78 is 19.3. The summed E-state index contributed by atoms with van der Waals surface area (Å²) in [6, 6.07) is 0. The molecule has 93 valence electrons. The molecule has 2 atom stereocenters. The molecule has 0 saturated heterocycles. The van der Waals surface area contributed by atoms with Crippen molar-refractivity contribution in [2.24, 2.45) is 0 Å². The van der Waals surface area contributed by atoms with Crippen LogP contribution in [0.2, 0.25) is 0 Å².